The summed E-state index contributed by atoms with van der Waals surface area (Å²) in [6.45, 7) is 4.63. The average Bonchev–Trinajstić information content (AvgIpc) is 2.82. The Morgan fingerprint density at radius 1 is 1.06 bits per heavy atom. The Morgan fingerprint density at radius 2 is 1.74 bits per heavy atom. The summed E-state index contributed by atoms with van der Waals surface area (Å²) in [6.07, 6.45) is 2.46. The van der Waals surface area contributed by atoms with Crippen molar-refractivity contribution in [1.82, 2.24) is 14.1 Å². The number of piperidine rings is 1. The molecule has 0 unspecified atom stereocenters. The third kappa shape index (κ3) is 4.69. The van der Waals surface area contributed by atoms with Crippen molar-refractivity contribution in [2.75, 3.05) is 18.4 Å². The fourth-order valence-electron chi connectivity index (χ4n) is 4.03. The van der Waals surface area contributed by atoms with Crippen molar-refractivity contribution in [2.45, 2.75) is 44.1 Å². The van der Waals surface area contributed by atoms with Crippen LogP contribution in [0.1, 0.15) is 43.6 Å². The van der Waals surface area contributed by atoms with E-state index in [4.69, 9.17) is 4.74 Å². The largest absolute Gasteiger partial charge is 0.489 e. The molecule has 1 saturated heterocycles. The predicted octanol–water partition coefficient (Wildman–Crippen LogP) is 3.15. The van der Waals surface area contributed by atoms with E-state index in [1.165, 1.54) is 23.5 Å². The van der Waals surface area contributed by atoms with Crippen LogP contribution < -0.4 is 15.6 Å². The molecule has 2 heterocycles. The highest BCUT2D eigenvalue weighted by molar-refractivity contribution is 7.89. The molecule has 180 valence electrons. The number of ether oxygens (including phenoxy) is 1. The van der Waals surface area contributed by atoms with E-state index in [1.54, 1.807) is 30.3 Å². The first-order valence-corrected chi connectivity index (χ1v) is 12.7. The molecule has 1 aliphatic rings. The predicted molar refractivity (Wildman–Crippen MR) is 130 cm³/mol. The molecule has 1 aliphatic heterocycles. The molecule has 0 atom stereocenters. The average molecular weight is 485 g/mol. The van der Waals surface area contributed by atoms with Crippen LogP contribution in [0.5, 0.6) is 5.75 Å². The lowest BCUT2D eigenvalue weighted by molar-refractivity contribution is 0.102. The molecule has 1 N–H and O–H groups in total. The summed E-state index contributed by atoms with van der Waals surface area (Å²) in [7, 11) is -2.23. The second-order valence-electron chi connectivity index (χ2n) is 8.57. The minimum absolute atomic E-state index is 0.0532. The molecule has 0 radical (unpaired) electrons. The fraction of sp³-hybridized carbons (Fsp3) is 0.375. The quantitative estimate of drug-likeness (QED) is 0.576. The summed E-state index contributed by atoms with van der Waals surface area (Å²) in [5.74, 6) is -0.233. The van der Waals surface area contributed by atoms with Gasteiger partial charge in [-0.2, -0.15) is 9.40 Å². The number of aromatic nitrogens is 2. The van der Waals surface area contributed by atoms with Crippen molar-refractivity contribution in [3.63, 3.8) is 0 Å². The van der Waals surface area contributed by atoms with Gasteiger partial charge in [0.15, 0.2) is 5.69 Å². The van der Waals surface area contributed by atoms with Gasteiger partial charge in [0, 0.05) is 25.5 Å². The highest BCUT2D eigenvalue weighted by Crippen LogP contribution is 2.31. The van der Waals surface area contributed by atoms with E-state index >= 15 is 0 Å². The summed E-state index contributed by atoms with van der Waals surface area (Å²) < 4.78 is 34.8. The van der Waals surface area contributed by atoms with Crippen LogP contribution in [-0.4, -0.2) is 47.6 Å². The highest BCUT2D eigenvalue weighted by Gasteiger charge is 2.27. The van der Waals surface area contributed by atoms with Crippen molar-refractivity contribution >= 4 is 32.4 Å². The van der Waals surface area contributed by atoms with Crippen LogP contribution in [0, 0.1) is 0 Å². The monoisotopic (exact) mass is 484 g/mol. The molecule has 3 aromatic rings. The number of anilines is 1. The van der Waals surface area contributed by atoms with Gasteiger partial charge in [-0.25, -0.2) is 13.1 Å². The third-order valence-electron chi connectivity index (χ3n) is 5.69. The van der Waals surface area contributed by atoms with Crippen molar-refractivity contribution in [1.29, 1.82) is 0 Å². The number of nitrogens with zero attached hydrogens (tertiary/aromatic N) is 3. The number of nitrogens with one attached hydrogen (secondary N) is 1. The molecule has 9 nitrogen and oxygen atoms in total. The maximum Gasteiger partial charge on any atom is 0.276 e. The van der Waals surface area contributed by atoms with Gasteiger partial charge in [0.25, 0.3) is 11.5 Å². The summed E-state index contributed by atoms with van der Waals surface area (Å²) in [5, 5.41) is 7.69. The number of rotatable bonds is 6. The van der Waals surface area contributed by atoms with Crippen LogP contribution >= 0.6 is 0 Å². The van der Waals surface area contributed by atoms with Gasteiger partial charge in [0.05, 0.1) is 22.1 Å². The zero-order chi connectivity index (χ0) is 24.5. The molecule has 0 saturated carbocycles. The lowest BCUT2D eigenvalue weighted by atomic mass is 10.1. The summed E-state index contributed by atoms with van der Waals surface area (Å²) in [5.41, 5.74) is -0.0420. The number of aryl methyl sites for hydroxylation is 1. The molecule has 4 rings (SSSR count). The number of carbonyl (C=O) groups excluding carboxylic acids is 1. The molecular formula is C24H28N4O5S. The van der Waals surface area contributed by atoms with Crippen LogP contribution in [-0.2, 0) is 17.1 Å². The van der Waals surface area contributed by atoms with E-state index < -0.39 is 15.9 Å². The van der Waals surface area contributed by atoms with Crippen LogP contribution in [0.2, 0.25) is 0 Å². The van der Waals surface area contributed by atoms with Crippen molar-refractivity contribution in [3.8, 4) is 5.75 Å². The molecule has 2 aromatic carbocycles. The lowest BCUT2D eigenvalue weighted by Gasteiger charge is -2.26. The molecule has 10 heteroatoms. The Labute approximate surface area is 198 Å². The van der Waals surface area contributed by atoms with Crippen LogP contribution in [0.25, 0.3) is 10.8 Å². The fourth-order valence-corrected chi connectivity index (χ4v) is 5.57. The second kappa shape index (κ2) is 9.55. The molecule has 0 bridgehead atoms. The van der Waals surface area contributed by atoms with Gasteiger partial charge < -0.3 is 10.1 Å². The molecule has 0 aliphatic carbocycles. The minimum Gasteiger partial charge on any atom is -0.489 e. The Bertz CT molecular complexity index is 1390. The van der Waals surface area contributed by atoms with Crippen LogP contribution in [0.3, 0.4) is 0 Å². The van der Waals surface area contributed by atoms with Gasteiger partial charge >= 0.3 is 0 Å². The van der Waals surface area contributed by atoms with Crippen LogP contribution in [0.15, 0.2) is 52.2 Å². The first-order chi connectivity index (χ1) is 16.2. The highest BCUT2D eigenvalue weighted by atomic mass is 32.2. The van der Waals surface area contributed by atoms with Gasteiger partial charge in [0.2, 0.25) is 10.0 Å². The molecule has 1 aromatic heterocycles. The maximum absolute atomic E-state index is 13.3. The zero-order valence-electron chi connectivity index (χ0n) is 19.4. The van der Waals surface area contributed by atoms with E-state index in [0.29, 0.717) is 29.6 Å². The smallest absolute Gasteiger partial charge is 0.276 e. The van der Waals surface area contributed by atoms with Crippen molar-refractivity contribution in [3.05, 3.63) is 58.5 Å². The van der Waals surface area contributed by atoms with E-state index in [0.717, 1.165) is 23.9 Å². The first kappa shape index (κ1) is 23.9. The molecule has 1 fully saturated rings. The summed E-state index contributed by atoms with van der Waals surface area (Å²) >= 11 is 0. The van der Waals surface area contributed by atoms with Gasteiger partial charge in [-0.15, -0.1) is 0 Å². The number of amides is 1. The minimum atomic E-state index is -3.71. The van der Waals surface area contributed by atoms with Gasteiger partial charge in [-0.3, -0.25) is 9.59 Å². The lowest BCUT2D eigenvalue weighted by Crippen LogP contribution is -2.35. The van der Waals surface area contributed by atoms with Crippen LogP contribution in [0.4, 0.5) is 5.69 Å². The number of hydrogen-bond donors (Lipinski definition) is 1. The second-order valence-corrected chi connectivity index (χ2v) is 10.5. The Kier molecular flexibility index (Phi) is 6.72. The molecule has 0 spiro atoms. The zero-order valence-corrected chi connectivity index (χ0v) is 20.3. The van der Waals surface area contributed by atoms with Gasteiger partial charge in [-0.1, -0.05) is 24.6 Å². The SMILES string of the molecule is CC(C)Oc1ccc(S(=O)(=O)N2CCCCC2)cc1NC(=O)c1nn(C)c(=O)c2ccccc12. The summed E-state index contributed by atoms with van der Waals surface area (Å²) in [6, 6.07) is 11.2. The molecule has 34 heavy (non-hydrogen) atoms. The van der Waals surface area contributed by atoms with Crippen molar-refractivity contribution in [2.24, 2.45) is 7.05 Å². The number of fused-ring (bicyclic) bond motifs is 1. The Hall–Kier alpha value is -3.24. The van der Waals surface area contributed by atoms with Gasteiger partial charge in [-0.05, 0) is 51.0 Å². The summed E-state index contributed by atoms with van der Waals surface area (Å²) in [4.78, 5) is 25.8. The van der Waals surface area contributed by atoms with E-state index in [2.05, 4.69) is 10.4 Å². The molecular weight excluding hydrogens is 456 g/mol. The first-order valence-electron chi connectivity index (χ1n) is 11.3. The molecule has 1 amide bonds. The Morgan fingerprint density at radius 3 is 2.41 bits per heavy atom. The van der Waals surface area contributed by atoms with Gasteiger partial charge in [0.1, 0.15) is 5.75 Å². The standard InChI is InChI=1S/C24H28N4O5S/c1-16(2)33-21-12-11-17(34(31,32)28-13-7-4-8-14-28)15-20(21)25-23(29)22-18-9-5-6-10-19(18)24(30)27(3)26-22/h5-6,9-12,15-16H,4,7-8,13-14H2,1-3H3,(H,25,29). The Balaban J connectivity index is 1.75. The topological polar surface area (TPSA) is 111 Å². The number of carbonyl (C=O) groups is 1. The normalized spacial score (nSPS) is 14.9. The number of benzene rings is 2. The number of sulfonamides is 1. The maximum atomic E-state index is 13.3. The van der Waals surface area contributed by atoms with Crippen molar-refractivity contribution < 1.29 is 17.9 Å². The number of hydrogen-bond acceptors (Lipinski definition) is 6. The van der Waals surface area contributed by atoms with E-state index in [-0.39, 0.29) is 27.9 Å². The van der Waals surface area contributed by atoms with E-state index in [1.807, 2.05) is 13.8 Å². The van der Waals surface area contributed by atoms with E-state index in [9.17, 15) is 18.0 Å². The third-order valence-corrected chi connectivity index (χ3v) is 7.58.